The number of aromatic nitrogens is 1. The molecule has 134 valence electrons. The van der Waals surface area contributed by atoms with Crippen LogP contribution in [0.1, 0.15) is 17.3 Å². The van der Waals surface area contributed by atoms with E-state index in [1.807, 2.05) is 6.07 Å². The molecule has 2 N–H and O–H groups in total. The Hall–Kier alpha value is -3.13. The average molecular weight is 371 g/mol. The van der Waals surface area contributed by atoms with Gasteiger partial charge in [0.1, 0.15) is 11.5 Å². The van der Waals surface area contributed by atoms with Crippen LogP contribution in [0.4, 0.5) is 10.8 Å². The van der Waals surface area contributed by atoms with Gasteiger partial charge in [-0.3, -0.25) is 9.59 Å². The van der Waals surface area contributed by atoms with Crippen molar-refractivity contribution in [3.63, 3.8) is 0 Å². The van der Waals surface area contributed by atoms with Crippen molar-refractivity contribution in [2.45, 2.75) is 6.92 Å². The Morgan fingerprint density at radius 3 is 2.54 bits per heavy atom. The van der Waals surface area contributed by atoms with Crippen LogP contribution in [-0.4, -0.2) is 31.0 Å². The van der Waals surface area contributed by atoms with Crippen LogP contribution in [0.5, 0.6) is 11.5 Å². The molecule has 0 spiro atoms. The summed E-state index contributed by atoms with van der Waals surface area (Å²) >= 11 is 1.34. The molecule has 1 heterocycles. The van der Waals surface area contributed by atoms with E-state index in [-0.39, 0.29) is 11.8 Å². The number of hydrogen-bond acceptors (Lipinski definition) is 6. The summed E-state index contributed by atoms with van der Waals surface area (Å²) in [7, 11) is 3.05. The molecule has 0 saturated carbocycles. The number of hydrogen-bond donors (Lipinski definition) is 2. The molecule has 1 aromatic heterocycles. The second-order valence-electron chi connectivity index (χ2n) is 5.40. The lowest BCUT2D eigenvalue weighted by Gasteiger charge is -2.10. The number of nitrogens with one attached hydrogen (secondary N) is 2. The van der Waals surface area contributed by atoms with Crippen molar-refractivity contribution < 1.29 is 19.1 Å². The molecule has 26 heavy (non-hydrogen) atoms. The van der Waals surface area contributed by atoms with Gasteiger partial charge in [0.25, 0.3) is 5.91 Å². The molecule has 0 unspecified atom stereocenters. The topological polar surface area (TPSA) is 89.5 Å². The Morgan fingerprint density at radius 2 is 1.85 bits per heavy atom. The summed E-state index contributed by atoms with van der Waals surface area (Å²) in [5.74, 6) is 0.559. The Balaban J connectivity index is 1.84. The molecule has 7 nitrogen and oxygen atoms in total. The number of nitrogens with zero attached hydrogens (tertiary/aromatic N) is 1. The van der Waals surface area contributed by atoms with Gasteiger partial charge in [0.2, 0.25) is 5.91 Å². The Labute approximate surface area is 154 Å². The molecular formula is C18H17N3O4S. The second kappa shape index (κ2) is 7.40. The smallest absolute Gasteiger partial charge is 0.259 e. The number of carbonyl (C=O) groups is 2. The van der Waals surface area contributed by atoms with Crippen molar-refractivity contribution in [2.24, 2.45) is 0 Å². The number of benzene rings is 2. The van der Waals surface area contributed by atoms with Crippen LogP contribution in [0, 0.1) is 0 Å². The van der Waals surface area contributed by atoms with Crippen LogP contribution in [0.2, 0.25) is 0 Å². The summed E-state index contributed by atoms with van der Waals surface area (Å²) in [6.45, 7) is 1.43. The molecule has 3 rings (SSSR count). The Bertz CT molecular complexity index is 984. The lowest BCUT2D eigenvalue weighted by Crippen LogP contribution is -2.13. The van der Waals surface area contributed by atoms with Gasteiger partial charge in [-0.1, -0.05) is 11.3 Å². The van der Waals surface area contributed by atoms with Crippen molar-refractivity contribution in [1.82, 2.24) is 4.98 Å². The molecule has 0 aliphatic carbocycles. The summed E-state index contributed by atoms with van der Waals surface area (Å²) in [5.41, 5.74) is 1.77. The number of ether oxygens (including phenoxy) is 2. The zero-order chi connectivity index (χ0) is 18.7. The summed E-state index contributed by atoms with van der Waals surface area (Å²) in [5, 5.41) is 6.02. The van der Waals surface area contributed by atoms with Gasteiger partial charge in [-0.2, -0.15) is 0 Å². The summed E-state index contributed by atoms with van der Waals surface area (Å²) < 4.78 is 11.3. The second-order valence-corrected chi connectivity index (χ2v) is 6.43. The zero-order valence-electron chi connectivity index (χ0n) is 14.5. The highest BCUT2D eigenvalue weighted by Crippen LogP contribution is 2.29. The number of carbonyl (C=O) groups excluding carboxylic acids is 2. The van der Waals surface area contributed by atoms with E-state index in [2.05, 4.69) is 15.6 Å². The third kappa shape index (κ3) is 3.75. The summed E-state index contributed by atoms with van der Waals surface area (Å²) in [6.07, 6.45) is 0. The van der Waals surface area contributed by atoms with E-state index in [0.29, 0.717) is 27.9 Å². The first-order chi connectivity index (χ1) is 12.5. The molecule has 0 fully saturated rings. The highest BCUT2D eigenvalue weighted by atomic mass is 32.1. The van der Waals surface area contributed by atoms with Gasteiger partial charge in [0, 0.05) is 18.7 Å². The normalized spacial score (nSPS) is 10.4. The first-order valence-corrected chi connectivity index (χ1v) is 8.53. The van der Waals surface area contributed by atoms with Gasteiger partial charge in [0.15, 0.2) is 5.13 Å². The molecule has 0 radical (unpaired) electrons. The van der Waals surface area contributed by atoms with Crippen LogP contribution in [-0.2, 0) is 4.79 Å². The fourth-order valence-corrected chi connectivity index (χ4v) is 3.34. The summed E-state index contributed by atoms with van der Waals surface area (Å²) in [6, 6.07) is 10.4. The van der Waals surface area contributed by atoms with Gasteiger partial charge in [-0.25, -0.2) is 4.98 Å². The van der Waals surface area contributed by atoms with Crippen LogP contribution in [0.15, 0.2) is 36.4 Å². The molecular weight excluding hydrogens is 354 g/mol. The Kier molecular flexibility index (Phi) is 5.04. The highest BCUT2D eigenvalue weighted by Gasteiger charge is 2.14. The minimum atomic E-state index is -0.296. The number of amides is 2. The zero-order valence-corrected chi connectivity index (χ0v) is 15.3. The number of rotatable bonds is 5. The van der Waals surface area contributed by atoms with Crippen LogP contribution in [0.3, 0.4) is 0 Å². The molecule has 3 aromatic rings. The van der Waals surface area contributed by atoms with E-state index in [1.165, 1.54) is 25.4 Å². The SMILES string of the molecule is COc1ccc(C(=O)Nc2ccc3nc(NC(C)=O)sc3c2)c(OC)c1. The predicted octanol–water partition coefficient (Wildman–Crippen LogP) is 3.52. The lowest BCUT2D eigenvalue weighted by molar-refractivity contribution is -0.114. The van der Waals surface area contributed by atoms with Gasteiger partial charge in [0.05, 0.1) is 30.0 Å². The minimum absolute atomic E-state index is 0.177. The van der Waals surface area contributed by atoms with E-state index in [1.54, 1.807) is 37.4 Å². The maximum absolute atomic E-state index is 12.6. The van der Waals surface area contributed by atoms with E-state index < -0.39 is 0 Å². The van der Waals surface area contributed by atoms with Gasteiger partial charge in [-0.05, 0) is 30.3 Å². The van der Waals surface area contributed by atoms with Crippen molar-refractivity contribution in [3.05, 3.63) is 42.0 Å². The van der Waals surface area contributed by atoms with Gasteiger partial charge in [-0.15, -0.1) is 0 Å². The standard InChI is InChI=1S/C18H17N3O4S/c1-10(22)19-18-21-14-7-4-11(8-16(14)26-18)20-17(23)13-6-5-12(24-2)9-15(13)25-3/h4-9H,1-3H3,(H,20,23)(H,19,21,22). The fourth-order valence-electron chi connectivity index (χ4n) is 2.39. The van der Waals surface area contributed by atoms with Crippen molar-refractivity contribution in [2.75, 3.05) is 24.9 Å². The van der Waals surface area contributed by atoms with Crippen LogP contribution < -0.4 is 20.1 Å². The van der Waals surface area contributed by atoms with Crippen molar-refractivity contribution >= 4 is 44.2 Å². The summed E-state index contributed by atoms with van der Waals surface area (Å²) in [4.78, 5) is 28.0. The molecule has 0 saturated heterocycles. The van der Waals surface area contributed by atoms with E-state index in [0.717, 1.165) is 10.2 Å². The Morgan fingerprint density at radius 1 is 1.04 bits per heavy atom. The van der Waals surface area contributed by atoms with Crippen LogP contribution >= 0.6 is 11.3 Å². The van der Waals surface area contributed by atoms with Crippen molar-refractivity contribution in [3.8, 4) is 11.5 Å². The largest absolute Gasteiger partial charge is 0.497 e. The monoisotopic (exact) mass is 371 g/mol. The molecule has 0 aliphatic rings. The van der Waals surface area contributed by atoms with Gasteiger partial charge >= 0.3 is 0 Å². The third-order valence-electron chi connectivity index (χ3n) is 3.58. The van der Waals surface area contributed by atoms with Crippen molar-refractivity contribution in [1.29, 1.82) is 0 Å². The average Bonchev–Trinajstić information content (AvgIpc) is 3.01. The fraction of sp³-hybridized carbons (Fsp3) is 0.167. The number of fused-ring (bicyclic) bond motifs is 1. The minimum Gasteiger partial charge on any atom is -0.497 e. The van der Waals surface area contributed by atoms with E-state index in [9.17, 15) is 9.59 Å². The maximum atomic E-state index is 12.6. The first-order valence-electron chi connectivity index (χ1n) is 7.71. The highest BCUT2D eigenvalue weighted by molar-refractivity contribution is 7.22. The predicted molar refractivity (Wildman–Crippen MR) is 101 cm³/mol. The quantitative estimate of drug-likeness (QED) is 0.716. The first kappa shape index (κ1) is 17.7. The van der Waals surface area contributed by atoms with Gasteiger partial charge < -0.3 is 20.1 Å². The lowest BCUT2D eigenvalue weighted by atomic mass is 10.1. The molecule has 8 heteroatoms. The molecule has 0 aliphatic heterocycles. The number of thiazole rings is 1. The molecule has 2 aromatic carbocycles. The molecule has 0 atom stereocenters. The molecule has 0 bridgehead atoms. The van der Waals surface area contributed by atoms with E-state index >= 15 is 0 Å². The maximum Gasteiger partial charge on any atom is 0.259 e. The number of methoxy groups -OCH3 is 2. The van der Waals surface area contributed by atoms with Crippen LogP contribution in [0.25, 0.3) is 10.2 Å². The number of anilines is 2. The third-order valence-corrected chi connectivity index (χ3v) is 4.52. The van der Waals surface area contributed by atoms with E-state index in [4.69, 9.17) is 9.47 Å². The molecule has 2 amide bonds.